The molecule has 1 heterocycles. The number of anilines is 1. The van der Waals surface area contributed by atoms with E-state index in [9.17, 15) is 4.39 Å². The van der Waals surface area contributed by atoms with E-state index in [2.05, 4.69) is 24.2 Å². The van der Waals surface area contributed by atoms with Crippen LogP contribution in [0.25, 0.3) is 0 Å². The maximum Gasteiger partial charge on any atom is 0.166 e. The summed E-state index contributed by atoms with van der Waals surface area (Å²) in [5.41, 5.74) is 0.738. The molecule has 1 saturated heterocycles. The van der Waals surface area contributed by atoms with Gasteiger partial charge in [-0.25, -0.2) is 4.39 Å². The average Bonchev–Trinajstić information content (AvgIpc) is 2.29. The average molecular weight is 238 g/mol. The van der Waals surface area contributed by atoms with E-state index >= 15 is 0 Å². The van der Waals surface area contributed by atoms with E-state index in [1.807, 2.05) is 0 Å². The van der Waals surface area contributed by atoms with E-state index in [1.54, 1.807) is 6.07 Å². The predicted molar refractivity (Wildman–Crippen MR) is 66.8 cm³/mol. The van der Waals surface area contributed by atoms with E-state index in [4.69, 9.17) is 5.11 Å². The first-order valence-electron chi connectivity index (χ1n) is 6.01. The number of aromatic hydroxyl groups is 1. The number of nitrogens with one attached hydrogen (secondary N) is 1. The molecule has 4 heteroatoms. The van der Waals surface area contributed by atoms with Crippen molar-refractivity contribution < 1.29 is 9.50 Å². The molecule has 0 aliphatic carbocycles. The van der Waals surface area contributed by atoms with Crippen molar-refractivity contribution in [1.29, 1.82) is 0 Å². The maximum absolute atomic E-state index is 13.2. The fraction of sp³-hybridized carbons (Fsp3) is 0.538. The minimum atomic E-state index is -0.573. The smallest absolute Gasteiger partial charge is 0.166 e. The van der Waals surface area contributed by atoms with Gasteiger partial charge in [0, 0.05) is 30.4 Å². The number of hydrogen-bond donors (Lipinski definition) is 2. The number of likely N-dealkylation sites (tertiary alicyclic amines) is 1. The molecule has 0 saturated carbocycles. The third-order valence-electron chi connectivity index (χ3n) is 3.53. The Morgan fingerprint density at radius 3 is 2.88 bits per heavy atom. The fourth-order valence-corrected chi connectivity index (χ4v) is 2.25. The molecule has 0 aromatic heterocycles. The molecule has 17 heavy (non-hydrogen) atoms. The molecule has 1 fully saturated rings. The number of halogens is 1. The van der Waals surface area contributed by atoms with Crippen LogP contribution in [0, 0.1) is 5.82 Å². The number of benzene rings is 1. The molecule has 0 spiro atoms. The Bertz CT molecular complexity index is 397. The Balaban J connectivity index is 1.99. The van der Waals surface area contributed by atoms with Crippen molar-refractivity contribution in [1.82, 2.24) is 4.90 Å². The van der Waals surface area contributed by atoms with Crippen LogP contribution in [0.3, 0.4) is 0 Å². The van der Waals surface area contributed by atoms with Crippen LogP contribution < -0.4 is 5.32 Å². The molecular weight excluding hydrogens is 219 g/mol. The normalized spacial score (nSPS) is 25.8. The van der Waals surface area contributed by atoms with E-state index in [0.717, 1.165) is 25.1 Å². The van der Waals surface area contributed by atoms with Crippen molar-refractivity contribution in [2.45, 2.75) is 31.8 Å². The molecule has 1 aromatic carbocycles. The van der Waals surface area contributed by atoms with Gasteiger partial charge in [0.2, 0.25) is 0 Å². The Morgan fingerprint density at radius 2 is 2.24 bits per heavy atom. The summed E-state index contributed by atoms with van der Waals surface area (Å²) in [6, 6.07) is 5.36. The zero-order valence-electron chi connectivity index (χ0n) is 10.3. The van der Waals surface area contributed by atoms with Gasteiger partial charge in [-0.2, -0.15) is 0 Å². The third-order valence-corrected chi connectivity index (χ3v) is 3.53. The highest BCUT2D eigenvalue weighted by Crippen LogP contribution is 2.23. The van der Waals surface area contributed by atoms with Crippen LogP contribution in [0.4, 0.5) is 10.1 Å². The zero-order chi connectivity index (χ0) is 12.4. The summed E-state index contributed by atoms with van der Waals surface area (Å²) in [5, 5.41) is 12.4. The summed E-state index contributed by atoms with van der Waals surface area (Å²) in [6.45, 7) is 3.25. The lowest BCUT2D eigenvalue weighted by Crippen LogP contribution is -2.42. The molecule has 2 rings (SSSR count). The van der Waals surface area contributed by atoms with Crippen LogP contribution in [0.2, 0.25) is 0 Å². The molecule has 1 aliphatic heterocycles. The van der Waals surface area contributed by atoms with E-state index in [1.165, 1.54) is 12.1 Å². The number of rotatable bonds is 2. The highest BCUT2D eigenvalue weighted by molar-refractivity contribution is 5.47. The van der Waals surface area contributed by atoms with Gasteiger partial charge in [0.15, 0.2) is 11.6 Å². The van der Waals surface area contributed by atoms with Crippen LogP contribution in [0.5, 0.6) is 5.75 Å². The summed E-state index contributed by atoms with van der Waals surface area (Å²) < 4.78 is 13.2. The molecule has 2 atom stereocenters. The van der Waals surface area contributed by atoms with Gasteiger partial charge in [-0.05, 0) is 38.9 Å². The molecule has 0 amide bonds. The Kier molecular flexibility index (Phi) is 3.52. The molecule has 1 aromatic rings. The Labute approximate surface area is 101 Å². The summed E-state index contributed by atoms with van der Waals surface area (Å²) in [6.07, 6.45) is 2.11. The summed E-state index contributed by atoms with van der Waals surface area (Å²) >= 11 is 0. The molecular formula is C13H19FN2O. The highest BCUT2D eigenvalue weighted by atomic mass is 19.1. The number of phenols is 1. The summed E-state index contributed by atoms with van der Waals surface area (Å²) in [4.78, 5) is 2.33. The minimum absolute atomic E-state index is 0.299. The van der Waals surface area contributed by atoms with E-state index in [0.29, 0.717) is 12.1 Å². The van der Waals surface area contributed by atoms with Gasteiger partial charge in [-0.1, -0.05) is 0 Å². The topological polar surface area (TPSA) is 35.5 Å². The molecule has 0 radical (unpaired) electrons. The molecule has 2 N–H and O–H groups in total. The van der Waals surface area contributed by atoms with E-state index < -0.39 is 5.82 Å². The van der Waals surface area contributed by atoms with Crippen molar-refractivity contribution in [2.75, 3.05) is 18.9 Å². The van der Waals surface area contributed by atoms with Crippen LogP contribution in [-0.2, 0) is 0 Å². The van der Waals surface area contributed by atoms with Crippen molar-refractivity contribution in [3.05, 3.63) is 24.0 Å². The second-order valence-electron chi connectivity index (χ2n) is 4.86. The molecule has 94 valence electrons. The monoisotopic (exact) mass is 238 g/mol. The summed E-state index contributed by atoms with van der Waals surface area (Å²) in [5.74, 6) is -0.872. The van der Waals surface area contributed by atoms with Crippen molar-refractivity contribution in [3.8, 4) is 5.75 Å². The first-order valence-corrected chi connectivity index (χ1v) is 6.01. The molecule has 2 unspecified atom stereocenters. The summed E-state index contributed by atoms with van der Waals surface area (Å²) in [7, 11) is 2.13. The van der Waals surface area contributed by atoms with Crippen molar-refractivity contribution in [3.63, 3.8) is 0 Å². The minimum Gasteiger partial charge on any atom is -0.505 e. The second-order valence-corrected chi connectivity index (χ2v) is 4.86. The van der Waals surface area contributed by atoms with Gasteiger partial charge in [0.05, 0.1) is 0 Å². The van der Waals surface area contributed by atoms with Crippen LogP contribution in [0.1, 0.15) is 19.8 Å². The lowest BCUT2D eigenvalue weighted by Gasteiger charge is -2.35. The Morgan fingerprint density at radius 1 is 1.47 bits per heavy atom. The standard InChI is InChI=1S/C13H19FN2O/c1-9-7-11(5-6-16(9)2)15-10-3-4-13(17)12(14)8-10/h3-4,8-9,11,15,17H,5-7H2,1-2H3. The number of nitrogens with zero attached hydrogens (tertiary/aromatic N) is 1. The van der Waals surface area contributed by atoms with Gasteiger partial charge in [0.25, 0.3) is 0 Å². The van der Waals surface area contributed by atoms with Gasteiger partial charge in [-0.3, -0.25) is 0 Å². The quantitative estimate of drug-likeness (QED) is 0.777. The number of piperidine rings is 1. The van der Waals surface area contributed by atoms with Crippen LogP contribution in [0.15, 0.2) is 18.2 Å². The van der Waals surface area contributed by atoms with Gasteiger partial charge < -0.3 is 15.3 Å². The van der Waals surface area contributed by atoms with Gasteiger partial charge in [-0.15, -0.1) is 0 Å². The number of phenolic OH excluding ortho intramolecular Hbond substituents is 1. The SMILES string of the molecule is CC1CC(Nc2ccc(O)c(F)c2)CCN1C. The third kappa shape index (κ3) is 2.88. The molecule has 1 aliphatic rings. The first kappa shape index (κ1) is 12.2. The lowest BCUT2D eigenvalue weighted by atomic mass is 9.98. The molecule has 3 nitrogen and oxygen atoms in total. The van der Waals surface area contributed by atoms with Gasteiger partial charge in [0.1, 0.15) is 0 Å². The highest BCUT2D eigenvalue weighted by Gasteiger charge is 2.22. The van der Waals surface area contributed by atoms with Crippen molar-refractivity contribution >= 4 is 5.69 Å². The fourth-order valence-electron chi connectivity index (χ4n) is 2.25. The van der Waals surface area contributed by atoms with Crippen LogP contribution >= 0.6 is 0 Å². The molecule has 0 bridgehead atoms. The lowest BCUT2D eigenvalue weighted by molar-refractivity contribution is 0.190. The Hall–Kier alpha value is -1.29. The van der Waals surface area contributed by atoms with Crippen molar-refractivity contribution in [2.24, 2.45) is 0 Å². The second kappa shape index (κ2) is 4.92. The van der Waals surface area contributed by atoms with Gasteiger partial charge >= 0.3 is 0 Å². The maximum atomic E-state index is 13.2. The largest absolute Gasteiger partial charge is 0.505 e. The van der Waals surface area contributed by atoms with E-state index in [-0.39, 0.29) is 5.75 Å². The predicted octanol–water partition coefficient (Wildman–Crippen LogP) is 2.43. The number of hydrogen-bond acceptors (Lipinski definition) is 3. The first-order chi connectivity index (χ1) is 8.06. The zero-order valence-corrected chi connectivity index (χ0v) is 10.3. The van der Waals surface area contributed by atoms with Crippen LogP contribution in [-0.4, -0.2) is 35.7 Å².